The average Bonchev–Trinajstić information content (AvgIpc) is 2.20. The van der Waals surface area contributed by atoms with E-state index in [0.29, 0.717) is 18.2 Å². The van der Waals surface area contributed by atoms with Gasteiger partial charge in [0, 0.05) is 19.6 Å². The van der Waals surface area contributed by atoms with E-state index in [0.717, 1.165) is 45.4 Å². The van der Waals surface area contributed by atoms with Crippen LogP contribution in [0.2, 0.25) is 0 Å². The minimum Gasteiger partial charge on any atom is -0.381 e. The first-order valence-electron chi connectivity index (χ1n) is 5.63. The summed E-state index contributed by atoms with van der Waals surface area (Å²) in [5, 5.41) is 3.14. The predicted molar refractivity (Wildman–Crippen MR) is 56.3 cm³/mol. The van der Waals surface area contributed by atoms with Crippen LogP contribution >= 0.6 is 0 Å². The van der Waals surface area contributed by atoms with E-state index in [1.807, 2.05) is 0 Å². The first kappa shape index (κ1) is 11.7. The summed E-state index contributed by atoms with van der Waals surface area (Å²) in [6, 6.07) is 0. The van der Waals surface area contributed by atoms with Crippen molar-refractivity contribution in [3.05, 3.63) is 0 Å². The molecule has 3 heteroatoms. The molecule has 0 bridgehead atoms. The minimum atomic E-state index is 0.352. The molecule has 1 aliphatic heterocycles. The fourth-order valence-electron chi connectivity index (χ4n) is 1.75. The molecule has 0 radical (unpaired) electrons. The molecule has 3 nitrogen and oxygen atoms in total. The van der Waals surface area contributed by atoms with Crippen LogP contribution in [0.15, 0.2) is 0 Å². The van der Waals surface area contributed by atoms with Crippen molar-refractivity contribution >= 4 is 5.78 Å². The Hall–Kier alpha value is -0.410. The SMILES string of the molecule is CCCNCC(=O)CC1CCOCC1. The van der Waals surface area contributed by atoms with Crippen molar-refractivity contribution in [3.63, 3.8) is 0 Å². The van der Waals surface area contributed by atoms with Gasteiger partial charge >= 0.3 is 0 Å². The molecule has 0 aromatic heterocycles. The molecule has 1 heterocycles. The molecule has 1 saturated heterocycles. The molecule has 82 valence electrons. The maximum Gasteiger partial charge on any atom is 0.146 e. The quantitative estimate of drug-likeness (QED) is 0.657. The summed E-state index contributed by atoms with van der Waals surface area (Å²) in [4.78, 5) is 11.5. The van der Waals surface area contributed by atoms with Crippen molar-refractivity contribution in [1.29, 1.82) is 0 Å². The van der Waals surface area contributed by atoms with E-state index in [-0.39, 0.29) is 0 Å². The second-order valence-corrected chi connectivity index (χ2v) is 3.98. The lowest BCUT2D eigenvalue weighted by Crippen LogP contribution is -2.27. The van der Waals surface area contributed by atoms with Crippen molar-refractivity contribution < 1.29 is 9.53 Å². The molecule has 0 saturated carbocycles. The van der Waals surface area contributed by atoms with Crippen LogP contribution in [-0.4, -0.2) is 32.1 Å². The third-order valence-corrected chi connectivity index (χ3v) is 2.61. The van der Waals surface area contributed by atoms with Crippen molar-refractivity contribution in [1.82, 2.24) is 5.32 Å². The molecule has 1 N–H and O–H groups in total. The highest BCUT2D eigenvalue weighted by molar-refractivity contribution is 5.80. The monoisotopic (exact) mass is 199 g/mol. The minimum absolute atomic E-state index is 0.352. The summed E-state index contributed by atoms with van der Waals surface area (Å²) in [5.41, 5.74) is 0. The van der Waals surface area contributed by atoms with Gasteiger partial charge in [-0.1, -0.05) is 6.92 Å². The lowest BCUT2D eigenvalue weighted by Gasteiger charge is -2.21. The number of hydrogen-bond acceptors (Lipinski definition) is 3. The fraction of sp³-hybridized carbons (Fsp3) is 0.909. The molecule has 0 atom stereocenters. The molecule has 0 unspecified atom stereocenters. The first-order chi connectivity index (χ1) is 6.83. The molecule has 1 rings (SSSR count). The number of ether oxygens (including phenoxy) is 1. The van der Waals surface area contributed by atoms with E-state index < -0.39 is 0 Å². The van der Waals surface area contributed by atoms with Gasteiger partial charge in [0.25, 0.3) is 0 Å². The maximum absolute atomic E-state index is 11.5. The van der Waals surface area contributed by atoms with Crippen LogP contribution in [0.25, 0.3) is 0 Å². The van der Waals surface area contributed by atoms with E-state index in [4.69, 9.17) is 4.74 Å². The zero-order valence-electron chi connectivity index (χ0n) is 9.05. The van der Waals surface area contributed by atoms with Crippen LogP contribution in [0.1, 0.15) is 32.6 Å². The van der Waals surface area contributed by atoms with Crippen LogP contribution < -0.4 is 5.32 Å². The molecular formula is C11H21NO2. The van der Waals surface area contributed by atoms with E-state index in [9.17, 15) is 4.79 Å². The number of carbonyl (C=O) groups is 1. The largest absolute Gasteiger partial charge is 0.381 e. The number of hydrogen-bond donors (Lipinski definition) is 1. The van der Waals surface area contributed by atoms with Gasteiger partial charge in [-0.2, -0.15) is 0 Å². The lowest BCUT2D eigenvalue weighted by molar-refractivity contribution is -0.119. The van der Waals surface area contributed by atoms with Crippen molar-refractivity contribution in [2.45, 2.75) is 32.6 Å². The standard InChI is InChI=1S/C11H21NO2/c1-2-5-12-9-11(13)8-10-3-6-14-7-4-10/h10,12H,2-9H2,1H3. The van der Waals surface area contributed by atoms with Gasteiger partial charge in [0.1, 0.15) is 5.78 Å². The number of carbonyl (C=O) groups excluding carboxylic acids is 1. The Balaban J connectivity index is 2.06. The van der Waals surface area contributed by atoms with Crippen molar-refractivity contribution in [2.24, 2.45) is 5.92 Å². The van der Waals surface area contributed by atoms with Crippen LogP contribution in [0.3, 0.4) is 0 Å². The third kappa shape index (κ3) is 4.72. The van der Waals surface area contributed by atoms with Crippen LogP contribution in [0.5, 0.6) is 0 Å². The maximum atomic E-state index is 11.5. The molecule has 0 aromatic carbocycles. The van der Waals surface area contributed by atoms with Gasteiger partial charge in [0.05, 0.1) is 6.54 Å². The Bertz CT molecular complexity index is 165. The fourth-order valence-corrected chi connectivity index (χ4v) is 1.75. The van der Waals surface area contributed by atoms with Gasteiger partial charge in [-0.3, -0.25) is 4.79 Å². The van der Waals surface area contributed by atoms with Gasteiger partial charge in [-0.05, 0) is 31.7 Å². The highest BCUT2D eigenvalue weighted by Gasteiger charge is 2.16. The number of ketones is 1. The average molecular weight is 199 g/mol. The van der Waals surface area contributed by atoms with Crippen molar-refractivity contribution in [2.75, 3.05) is 26.3 Å². The smallest absolute Gasteiger partial charge is 0.146 e. The second-order valence-electron chi connectivity index (χ2n) is 3.98. The molecule has 0 amide bonds. The second kappa shape index (κ2) is 6.96. The normalized spacial score (nSPS) is 18.4. The predicted octanol–water partition coefficient (Wildman–Crippen LogP) is 1.37. The highest BCUT2D eigenvalue weighted by atomic mass is 16.5. The number of Topliss-reactive ketones (excluding diaryl/α,β-unsaturated/α-hetero) is 1. The Morgan fingerprint density at radius 2 is 2.14 bits per heavy atom. The molecule has 1 fully saturated rings. The highest BCUT2D eigenvalue weighted by Crippen LogP contribution is 2.18. The third-order valence-electron chi connectivity index (χ3n) is 2.61. The molecule has 14 heavy (non-hydrogen) atoms. The molecule has 0 aromatic rings. The first-order valence-corrected chi connectivity index (χ1v) is 5.63. The summed E-state index contributed by atoms with van der Waals surface area (Å²) in [6.45, 7) is 5.27. The van der Waals surface area contributed by atoms with Crippen molar-refractivity contribution in [3.8, 4) is 0 Å². The van der Waals surface area contributed by atoms with Gasteiger partial charge in [0.15, 0.2) is 0 Å². The molecule has 0 aliphatic carbocycles. The zero-order chi connectivity index (χ0) is 10.2. The van der Waals surface area contributed by atoms with Gasteiger partial charge in [-0.25, -0.2) is 0 Å². The summed E-state index contributed by atoms with van der Waals surface area (Å²) in [7, 11) is 0. The van der Waals surface area contributed by atoms with Crippen LogP contribution in [0, 0.1) is 5.92 Å². The Labute approximate surface area is 86.2 Å². The van der Waals surface area contributed by atoms with E-state index >= 15 is 0 Å². The molecular weight excluding hydrogens is 178 g/mol. The Morgan fingerprint density at radius 1 is 1.43 bits per heavy atom. The summed E-state index contributed by atoms with van der Waals surface area (Å²) in [5.74, 6) is 0.921. The Kier molecular flexibility index (Phi) is 5.80. The number of nitrogens with one attached hydrogen (secondary N) is 1. The summed E-state index contributed by atoms with van der Waals surface area (Å²) >= 11 is 0. The lowest BCUT2D eigenvalue weighted by atomic mass is 9.94. The van der Waals surface area contributed by atoms with E-state index in [1.54, 1.807) is 0 Å². The van der Waals surface area contributed by atoms with Crippen LogP contribution in [0.4, 0.5) is 0 Å². The number of rotatable bonds is 6. The van der Waals surface area contributed by atoms with Crippen LogP contribution in [-0.2, 0) is 9.53 Å². The Morgan fingerprint density at radius 3 is 2.79 bits per heavy atom. The zero-order valence-corrected chi connectivity index (χ0v) is 9.05. The summed E-state index contributed by atoms with van der Waals surface area (Å²) in [6.07, 6.45) is 3.93. The summed E-state index contributed by atoms with van der Waals surface area (Å²) < 4.78 is 5.25. The van der Waals surface area contributed by atoms with Gasteiger partial charge in [-0.15, -0.1) is 0 Å². The van der Waals surface area contributed by atoms with E-state index in [1.165, 1.54) is 0 Å². The molecule has 1 aliphatic rings. The topological polar surface area (TPSA) is 38.3 Å². The molecule has 0 spiro atoms. The van der Waals surface area contributed by atoms with Gasteiger partial charge < -0.3 is 10.1 Å². The van der Waals surface area contributed by atoms with Gasteiger partial charge in [0.2, 0.25) is 0 Å². The van der Waals surface area contributed by atoms with E-state index in [2.05, 4.69) is 12.2 Å².